The van der Waals surface area contributed by atoms with Crippen molar-refractivity contribution in [2.45, 2.75) is 70.0 Å². The van der Waals surface area contributed by atoms with Crippen LogP contribution in [0.1, 0.15) is 83.2 Å². The van der Waals surface area contributed by atoms with E-state index in [9.17, 15) is 24.0 Å². The summed E-state index contributed by atoms with van der Waals surface area (Å²) in [5, 5.41) is 2.71. The third-order valence-electron chi connectivity index (χ3n) is 13.5. The minimum atomic E-state index is -1.06. The summed E-state index contributed by atoms with van der Waals surface area (Å²) in [6.45, 7) is 16.8. The number of hydrogen-bond acceptors (Lipinski definition) is 11. The second kappa shape index (κ2) is 15.5. The smallest absolute Gasteiger partial charge is 0.282 e. The molecule has 306 valence electrons. The Bertz CT molecular complexity index is 2240. The van der Waals surface area contributed by atoms with Crippen LogP contribution in [0.5, 0.6) is 0 Å². The number of rotatable bonds is 6. The first-order valence-corrected chi connectivity index (χ1v) is 21.0. The average molecular weight is 819 g/mol. The zero-order valence-electron chi connectivity index (χ0n) is 33.1. The van der Waals surface area contributed by atoms with E-state index in [1.165, 1.54) is 6.20 Å². The van der Waals surface area contributed by atoms with Gasteiger partial charge in [-0.05, 0) is 87.3 Å². The second-order valence-electron chi connectivity index (χ2n) is 16.9. The molecule has 1 aromatic heterocycles. The van der Waals surface area contributed by atoms with E-state index < -0.39 is 29.7 Å². The summed E-state index contributed by atoms with van der Waals surface area (Å²) < 4.78 is 0. The molecule has 1 unspecified atom stereocenters. The zero-order valence-corrected chi connectivity index (χ0v) is 33.9. The lowest BCUT2D eigenvalue weighted by Gasteiger charge is -2.43. The van der Waals surface area contributed by atoms with E-state index in [1.807, 2.05) is 35.2 Å². The van der Waals surface area contributed by atoms with Crippen LogP contribution < -0.4 is 20.0 Å². The first-order chi connectivity index (χ1) is 28.5. The number of aromatic nitrogens is 2. The number of nitrogens with one attached hydrogen (secondary N) is 1. The fourth-order valence-corrected chi connectivity index (χ4v) is 10.4. The van der Waals surface area contributed by atoms with Gasteiger partial charge in [0.1, 0.15) is 11.9 Å². The minimum Gasteiger partial charge on any atom is -0.371 e. The number of amides is 5. The molecule has 16 heteroatoms. The molecule has 0 radical (unpaired) electrons. The Morgan fingerprint density at radius 3 is 2.24 bits per heavy atom. The van der Waals surface area contributed by atoms with Gasteiger partial charge in [0.25, 0.3) is 17.7 Å². The molecule has 0 bridgehead atoms. The molecule has 3 aromatic rings. The SMILES string of the molecule is [C-]#[N+]c1ccc(N2CC3(CCN(c4ccc(C(=O)N5CCN(C6CCN(c7cnc8c(n7)C(=O)N(C7CCC(=O)NC7=O)C8=O)CC6)CC5)cc4)CC3)C[C@@H]2C)cc1Cl. The van der Waals surface area contributed by atoms with Crippen molar-refractivity contribution in [3.05, 3.63) is 82.1 Å². The lowest BCUT2D eigenvalue weighted by molar-refractivity contribution is -0.136. The van der Waals surface area contributed by atoms with Gasteiger partial charge in [0.05, 0.1) is 12.8 Å². The molecule has 2 atom stereocenters. The van der Waals surface area contributed by atoms with Crippen LogP contribution in [0.2, 0.25) is 5.02 Å². The molecule has 0 saturated carbocycles. The van der Waals surface area contributed by atoms with E-state index >= 15 is 0 Å². The number of carbonyl (C=O) groups excluding carboxylic acids is 5. The van der Waals surface area contributed by atoms with Crippen molar-refractivity contribution in [1.29, 1.82) is 0 Å². The number of carbonyl (C=O) groups is 5. The van der Waals surface area contributed by atoms with Crippen LogP contribution >= 0.6 is 11.6 Å². The van der Waals surface area contributed by atoms with Crippen LogP contribution in [0.25, 0.3) is 4.85 Å². The topological polar surface area (TPSA) is 147 Å². The molecule has 5 fully saturated rings. The van der Waals surface area contributed by atoms with E-state index in [4.69, 9.17) is 18.2 Å². The Hall–Kier alpha value is -5.59. The number of piperazine rings is 1. The van der Waals surface area contributed by atoms with Gasteiger partial charge in [-0.15, -0.1) is 0 Å². The van der Waals surface area contributed by atoms with Gasteiger partial charge < -0.3 is 19.6 Å². The molecule has 0 aliphatic carbocycles. The van der Waals surface area contributed by atoms with Gasteiger partial charge in [0, 0.05) is 99.4 Å². The second-order valence-corrected chi connectivity index (χ2v) is 17.3. The van der Waals surface area contributed by atoms with E-state index in [0.29, 0.717) is 60.4 Å². The van der Waals surface area contributed by atoms with Crippen molar-refractivity contribution in [3.8, 4) is 0 Å². The molecule has 6 aliphatic rings. The number of imide groups is 2. The average Bonchev–Trinajstić information content (AvgIpc) is 3.71. The number of halogens is 1. The third kappa shape index (κ3) is 7.26. The Kier molecular flexibility index (Phi) is 10.2. The molecule has 6 aliphatic heterocycles. The van der Waals surface area contributed by atoms with Crippen LogP contribution in [0.3, 0.4) is 0 Å². The lowest BCUT2D eigenvalue weighted by Crippen LogP contribution is -2.54. The van der Waals surface area contributed by atoms with E-state index in [1.54, 1.807) is 0 Å². The number of nitrogens with zero attached hydrogens (tertiary/aromatic N) is 9. The predicted molar refractivity (Wildman–Crippen MR) is 221 cm³/mol. The number of piperidine rings is 3. The number of anilines is 3. The van der Waals surface area contributed by atoms with Crippen molar-refractivity contribution in [2.24, 2.45) is 5.41 Å². The maximum atomic E-state index is 13.6. The highest BCUT2D eigenvalue weighted by Gasteiger charge is 2.47. The first kappa shape index (κ1) is 38.9. The molecule has 7 heterocycles. The maximum Gasteiger partial charge on any atom is 0.282 e. The van der Waals surface area contributed by atoms with Crippen molar-refractivity contribution >= 4 is 64.0 Å². The fraction of sp³-hybridized carbons (Fsp3) is 0.488. The van der Waals surface area contributed by atoms with Crippen LogP contribution in [0, 0.1) is 12.0 Å². The van der Waals surface area contributed by atoms with E-state index in [0.717, 1.165) is 81.1 Å². The van der Waals surface area contributed by atoms with Gasteiger partial charge >= 0.3 is 0 Å². The Balaban J connectivity index is 0.736. The van der Waals surface area contributed by atoms with E-state index in [2.05, 4.69) is 58.8 Å². The summed E-state index contributed by atoms with van der Waals surface area (Å²) in [4.78, 5) is 88.5. The summed E-state index contributed by atoms with van der Waals surface area (Å²) >= 11 is 6.39. The van der Waals surface area contributed by atoms with Gasteiger partial charge in [0.15, 0.2) is 11.4 Å². The summed E-state index contributed by atoms with van der Waals surface area (Å²) in [6, 6.07) is 13.6. The van der Waals surface area contributed by atoms with Crippen molar-refractivity contribution in [2.75, 3.05) is 73.6 Å². The monoisotopic (exact) mass is 818 g/mol. The van der Waals surface area contributed by atoms with Crippen molar-refractivity contribution < 1.29 is 24.0 Å². The molecular formula is C43H47ClN10O5. The first-order valence-electron chi connectivity index (χ1n) is 20.7. The molecule has 1 spiro atoms. The third-order valence-corrected chi connectivity index (χ3v) is 13.8. The molecule has 2 aromatic carbocycles. The molecule has 5 amide bonds. The molecule has 15 nitrogen and oxygen atoms in total. The molecule has 9 rings (SSSR count). The number of benzene rings is 2. The maximum absolute atomic E-state index is 13.6. The molecule has 1 N–H and O–H groups in total. The Morgan fingerprint density at radius 2 is 1.56 bits per heavy atom. The van der Waals surface area contributed by atoms with Gasteiger partial charge in [-0.25, -0.2) is 14.8 Å². The minimum absolute atomic E-state index is 0.0481. The highest BCUT2D eigenvalue weighted by atomic mass is 35.5. The van der Waals surface area contributed by atoms with E-state index in [-0.39, 0.29) is 35.6 Å². The highest BCUT2D eigenvalue weighted by Crippen LogP contribution is 2.46. The molecule has 5 saturated heterocycles. The Morgan fingerprint density at radius 1 is 0.864 bits per heavy atom. The molecule has 59 heavy (non-hydrogen) atoms. The van der Waals surface area contributed by atoms with Crippen molar-refractivity contribution in [1.82, 2.24) is 30.0 Å². The largest absolute Gasteiger partial charge is 0.371 e. The van der Waals surface area contributed by atoms with Crippen LogP contribution in [-0.2, 0) is 9.59 Å². The number of fused-ring (bicyclic) bond motifs is 1. The summed E-state index contributed by atoms with van der Waals surface area (Å²) in [5.74, 6) is -1.84. The quantitative estimate of drug-likeness (QED) is 0.279. The summed E-state index contributed by atoms with van der Waals surface area (Å²) in [7, 11) is 0. The van der Waals surface area contributed by atoms with Crippen molar-refractivity contribution in [3.63, 3.8) is 0 Å². The lowest BCUT2D eigenvalue weighted by atomic mass is 9.76. The predicted octanol–water partition coefficient (Wildman–Crippen LogP) is 4.39. The summed E-state index contributed by atoms with van der Waals surface area (Å²) in [5.41, 5.74) is 3.56. The Labute approximate surface area is 348 Å². The normalized spacial score (nSPS) is 23.8. The highest BCUT2D eigenvalue weighted by molar-refractivity contribution is 6.33. The van der Waals surface area contributed by atoms with Crippen LogP contribution in [-0.4, -0.2) is 131 Å². The van der Waals surface area contributed by atoms with Gasteiger partial charge in [0.2, 0.25) is 17.5 Å². The standard InChI is InChI=1S/C43H47ClN10O5/c1-27-24-43(26-53(27)31-7-8-33(45-2)32(44)23-31)13-17-49(18-14-43)29-5-3-28(4-6-29)40(57)52-21-19-50(20-22-52)30-11-15-51(16-12-30)35-25-46-37-38(47-35)42(59)54(41(37)58)34-9-10-36(55)48-39(34)56/h3-8,23,25,27,30,34H,9-22,24,26H2,1H3,(H,48,55,56)/t27-,34?/m0/s1. The molecular weight excluding hydrogens is 772 g/mol. The number of hydrogen-bond donors (Lipinski definition) is 1. The fourth-order valence-electron chi connectivity index (χ4n) is 10.1. The van der Waals surface area contributed by atoms with Crippen LogP contribution in [0.15, 0.2) is 48.7 Å². The van der Waals surface area contributed by atoms with Gasteiger partial charge in [-0.3, -0.25) is 39.1 Å². The van der Waals surface area contributed by atoms with Gasteiger partial charge in [-0.2, -0.15) is 0 Å². The van der Waals surface area contributed by atoms with Gasteiger partial charge in [-0.1, -0.05) is 17.7 Å². The summed E-state index contributed by atoms with van der Waals surface area (Å²) in [6.07, 6.45) is 6.74. The van der Waals surface area contributed by atoms with Crippen LogP contribution in [0.4, 0.5) is 22.9 Å². The zero-order chi connectivity index (χ0) is 41.0.